The summed E-state index contributed by atoms with van der Waals surface area (Å²) < 4.78 is 48.9. The standard InChI is InChI=1S/C21H19F3N2O2/c1-13-10-15-11-19(27-2)20(28-3)12-17(15)18(26-25-13)9-6-14-4-7-16(8-5-14)21(22,23)24/h4-9,11-12H,10H2,1-3H3/b9-6+. The Morgan fingerprint density at radius 3 is 2.18 bits per heavy atom. The Morgan fingerprint density at radius 1 is 0.929 bits per heavy atom. The van der Waals surface area contributed by atoms with Crippen LogP contribution in [0.15, 0.2) is 52.7 Å². The van der Waals surface area contributed by atoms with Crippen LogP contribution >= 0.6 is 0 Å². The van der Waals surface area contributed by atoms with E-state index in [0.717, 1.165) is 29.0 Å². The quantitative estimate of drug-likeness (QED) is 0.726. The molecule has 0 amide bonds. The molecule has 0 N–H and O–H groups in total. The molecule has 1 aliphatic rings. The number of alkyl halides is 3. The van der Waals surface area contributed by atoms with Gasteiger partial charge < -0.3 is 9.47 Å². The number of benzene rings is 2. The first-order valence-corrected chi connectivity index (χ1v) is 8.53. The summed E-state index contributed by atoms with van der Waals surface area (Å²) >= 11 is 0. The van der Waals surface area contributed by atoms with E-state index in [1.165, 1.54) is 12.1 Å². The molecule has 28 heavy (non-hydrogen) atoms. The van der Waals surface area contributed by atoms with Gasteiger partial charge in [-0.05, 0) is 48.4 Å². The van der Waals surface area contributed by atoms with Crippen molar-refractivity contribution < 1.29 is 22.6 Å². The number of hydrogen-bond donors (Lipinski definition) is 0. The molecule has 4 nitrogen and oxygen atoms in total. The lowest BCUT2D eigenvalue weighted by atomic mass is 9.97. The molecule has 2 aromatic carbocycles. The molecular weight excluding hydrogens is 369 g/mol. The number of methoxy groups -OCH3 is 2. The van der Waals surface area contributed by atoms with Gasteiger partial charge >= 0.3 is 6.18 Å². The van der Waals surface area contributed by atoms with E-state index < -0.39 is 11.7 Å². The van der Waals surface area contributed by atoms with E-state index in [4.69, 9.17) is 9.47 Å². The van der Waals surface area contributed by atoms with Crippen LogP contribution in [0, 0.1) is 0 Å². The summed E-state index contributed by atoms with van der Waals surface area (Å²) in [5.74, 6) is 1.18. The van der Waals surface area contributed by atoms with Crippen molar-refractivity contribution in [3.8, 4) is 11.5 Å². The number of allylic oxidation sites excluding steroid dienone is 1. The van der Waals surface area contributed by atoms with Crippen LogP contribution in [0.3, 0.4) is 0 Å². The van der Waals surface area contributed by atoms with Gasteiger partial charge in [0.25, 0.3) is 0 Å². The number of nitrogens with zero attached hydrogens (tertiary/aromatic N) is 2. The summed E-state index contributed by atoms with van der Waals surface area (Å²) in [7, 11) is 3.12. The van der Waals surface area contributed by atoms with E-state index in [9.17, 15) is 13.2 Å². The first kappa shape index (κ1) is 19.7. The third-order valence-corrected chi connectivity index (χ3v) is 4.33. The monoisotopic (exact) mass is 388 g/mol. The van der Waals surface area contributed by atoms with Gasteiger partial charge in [0.1, 0.15) is 0 Å². The first-order valence-electron chi connectivity index (χ1n) is 8.53. The Labute approximate surface area is 161 Å². The fourth-order valence-corrected chi connectivity index (χ4v) is 2.89. The average molecular weight is 388 g/mol. The third kappa shape index (κ3) is 4.24. The van der Waals surface area contributed by atoms with Gasteiger partial charge in [0, 0.05) is 17.7 Å². The van der Waals surface area contributed by atoms with E-state index >= 15 is 0 Å². The van der Waals surface area contributed by atoms with Gasteiger partial charge in [-0.25, -0.2) is 0 Å². The van der Waals surface area contributed by atoms with Crippen LogP contribution in [0.2, 0.25) is 0 Å². The van der Waals surface area contributed by atoms with Crippen LogP contribution in [-0.4, -0.2) is 25.6 Å². The third-order valence-electron chi connectivity index (χ3n) is 4.33. The molecule has 0 aromatic heterocycles. The normalized spacial score (nSPS) is 14.2. The molecule has 0 aliphatic carbocycles. The van der Waals surface area contributed by atoms with Crippen LogP contribution in [0.1, 0.15) is 29.2 Å². The number of fused-ring (bicyclic) bond motifs is 1. The van der Waals surface area contributed by atoms with Crippen molar-refractivity contribution in [3.63, 3.8) is 0 Å². The molecule has 7 heteroatoms. The minimum Gasteiger partial charge on any atom is -0.493 e. The largest absolute Gasteiger partial charge is 0.493 e. The van der Waals surface area contributed by atoms with Gasteiger partial charge in [0.15, 0.2) is 11.5 Å². The molecule has 0 unspecified atom stereocenters. The number of halogens is 3. The first-order chi connectivity index (χ1) is 13.3. The minimum absolute atomic E-state index is 0.566. The summed E-state index contributed by atoms with van der Waals surface area (Å²) in [5.41, 5.74) is 3.19. The van der Waals surface area contributed by atoms with Crippen LogP contribution in [0.5, 0.6) is 11.5 Å². The molecular formula is C21H19F3N2O2. The van der Waals surface area contributed by atoms with Crippen molar-refractivity contribution in [1.29, 1.82) is 0 Å². The highest BCUT2D eigenvalue weighted by molar-refractivity contribution is 6.13. The summed E-state index contributed by atoms with van der Waals surface area (Å²) in [6.07, 6.45) is -0.309. The van der Waals surface area contributed by atoms with E-state index in [1.54, 1.807) is 26.4 Å². The number of ether oxygens (including phenoxy) is 2. The molecule has 0 spiro atoms. The van der Waals surface area contributed by atoms with E-state index in [0.29, 0.717) is 29.2 Å². The lowest BCUT2D eigenvalue weighted by Crippen LogP contribution is -2.05. The topological polar surface area (TPSA) is 43.2 Å². The van der Waals surface area contributed by atoms with Gasteiger partial charge in [-0.2, -0.15) is 23.4 Å². The van der Waals surface area contributed by atoms with Gasteiger partial charge in [-0.1, -0.05) is 18.2 Å². The lowest BCUT2D eigenvalue weighted by Gasteiger charge is -2.13. The average Bonchev–Trinajstić information content (AvgIpc) is 2.82. The van der Waals surface area contributed by atoms with Crippen molar-refractivity contribution in [1.82, 2.24) is 0 Å². The zero-order valence-corrected chi connectivity index (χ0v) is 15.7. The molecule has 0 saturated heterocycles. The molecule has 1 heterocycles. The second kappa shape index (κ2) is 7.88. The number of rotatable bonds is 4. The van der Waals surface area contributed by atoms with Gasteiger partial charge in [-0.3, -0.25) is 0 Å². The number of hydrogen-bond acceptors (Lipinski definition) is 4. The van der Waals surface area contributed by atoms with Gasteiger partial charge in [-0.15, -0.1) is 0 Å². The maximum atomic E-state index is 12.7. The second-order valence-corrected chi connectivity index (χ2v) is 6.31. The zero-order chi connectivity index (χ0) is 20.3. The van der Waals surface area contributed by atoms with E-state index in [2.05, 4.69) is 10.2 Å². The molecule has 3 rings (SSSR count). The van der Waals surface area contributed by atoms with Crippen molar-refractivity contribution in [2.75, 3.05) is 14.2 Å². The summed E-state index contributed by atoms with van der Waals surface area (Å²) in [5, 5.41) is 8.50. The molecule has 2 aromatic rings. The summed E-state index contributed by atoms with van der Waals surface area (Å²) in [4.78, 5) is 0. The van der Waals surface area contributed by atoms with Crippen molar-refractivity contribution >= 4 is 17.5 Å². The maximum absolute atomic E-state index is 12.7. The Kier molecular flexibility index (Phi) is 5.53. The molecule has 0 fully saturated rings. The van der Waals surface area contributed by atoms with Crippen LogP contribution in [-0.2, 0) is 12.6 Å². The van der Waals surface area contributed by atoms with Crippen LogP contribution in [0.4, 0.5) is 13.2 Å². The van der Waals surface area contributed by atoms with E-state index in [-0.39, 0.29) is 0 Å². The smallest absolute Gasteiger partial charge is 0.416 e. The zero-order valence-electron chi connectivity index (χ0n) is 15.7. The Balaban J connectivity index is 1.97. The Hall–Kier alpha value is -3.09. The van der Waals surface area contributed by atoms with Crippen molar-refractivity contribution in [3.05, 3.63) is 64.7 Å². The molecule has 0 saturated carbocycles. The Bertz CT molecular complexity index is 959. The fourth-order valence-electron chi connectivity index (χ4n) is 2.89. The highest BCUT2D eigenvalue weighted by Crippen LogP contribution is 2.33. The highest BCUT2D eigenvalue weighted by atomic mass is 19.4. The van der Waals surface area contributed by atoms with Crippen LogP contribution in [0.25, 0.3) is 6.08 Å². The SMILES string of the molecule is COc1cc2c(cc1OC)C(/C=C/c1ccc(C(F)(F)F)cc1)=NN=C(C)C2. The summed E-state index contributed by atoms with van der Waals surface area (Å²) in [6, 6.07) is 8.66. The Morgan fingerprint density at radius 2 is 1.57 bits per heavy atom. The van der Waals surface area contributed by atoms with Gasteiger partial charge in [0.2, 0.25) is 0 Å². The predicted octanol–water partition coefficient (Wildman–Crippen LogP) is 5.16. The molecule has 0 bridgehead atoms. The van der Waals surface area contributed by atoms with Crippen LogP contribution < -0.4 is 9.47 Å². The minimum atomic E-state index is -4.35. The maximum Gasteiger partial charge on any atom is 0.416 e. The molecule has 0 radical (unpaired) electrons. The fraction of sp³-hybridized carbons (Fsp3) is 0.238. The second-order valence-electron chi connectivity index (χ2n) is 6.31. The highest BCUT2D eigenvalue weighted by Gasteiger charge is 2.29. The van der Waals surface area contributed by atoms with Crippen molar-refractivity contribution in [2.45, 2.75) is 19.5 Å². The van der Waals surface area contributed by atoms with Gasteiger partial charge in [0.05, 0.1) is 25.5 Å². The van der Waals surface area contributed by atoms with E-state index in [1.807, 2.05) is 19.1 Å². The lowest BCUT2D eigenvalue weighted by molar-refractivity contribution is -0.137. The molecule has 146 valence electrons. The van der Waals surface area contributed by atoms with Crippen molar-refractivity contribution in [2.24, 2.45) is 10.2 Å². The predicted molar refractivity (Wildman–Crippen MR) is 103 cm³/mol. The molecule has 0 atom stereocenters. The molecule has 1 aliphatic heterocycles. The summed E-state index contributed by atoms with van der Waals surface area (Å²) in [6.45, 7) is 1.88.